The van der Waals surface area contributed by atoms with E-state index in [1.54, 1.807) is 25.1 Å². The van der Waals surface area contributed by atoms with Gasteiger partial charge in [0.2, 0.25) is 0 Å². The van der Waals surface area contributed by atoms with Crippen molar-refractivity contribution >= 4 is 33.5 Å². The summed E-state index contributed by atoms with van der Waals surface area (Å²) in [6.45, 7) is 5.31. The predicted octanol–water partition coefficient (Wildman–Crippen LogP) is 5.93. The van der Waals surface area contributed by atoms with E-state index in [-0.39, 0.29) is 12.2 Å². The number of hydrogen-bond donors (Lipinski definition) is 1. The number of esters is 1. The molecule has 0 aliphatic heterocycles. The van der Waals surface area contributed by atoms with Crippen molar-refractivity contribution in [3.63, 3.8) is 0 Å². The van der Waals surface area contributed by atoms with Crippen molar-refractivity contribution in [2.45, 2.75) is 13.0 Å². The normalized spacial score (nSPS) is 11.8. The lowest BCUT2D eigenvalue weighted by Crippen LogP contribution is -2.18. The lowest BCUT2D eigenvalue weighted by molar-refractivity contribution is -0.146. The molecule has 1 N–H and O–H groups in total. The first-order valence-corrected chi connectivity index (χ1v) is 10.2. The molecule has 4 rings (SSSR count). The lowest BCUT2D eigenvalue weighted by Gasteiger charge is -2.21. The van der Waals surface area contributed by atoms with E-state index in [1.165, 1.54) is 0 Å². The molecule has 4 aromatic carbocycles. The van der Waals surface area contributed by atoms with Gasteiger partial charge in [0.25, 0.3) is 0 Å². The van der Waals surface area contributed by atoms with Gasteiger partial charge in [-0.1, -0.05) is 67.2 Å². The van der Waals surface area contributed by atoms with Crippen molar-refractivity contribution < 1.29 is 24.2 Å². The van der Waals surface area contributed by atoms with E-state index in [9.17, 15) is 14.7 Å². The molecular formula is C27H22O5. The molecular weight excluding hydrogens is 404 g/mol. The number of carboxylic acid groups (broad SMARTS) is 1. The maximum absolute atomic E-state index is 12.2. The summed E-state index contributed by atoms with van der Waals surface area (Å²) in [4.78, 5) is 23.8. The van der Waals surface area contributed by atoms with Crippen LogP contribution in [0.25, 0.3) is 21.5 Å². The number of aromatic carboxylic acids is 1. The zero-order chi connectivity index (χ0) is 22.7. The van der Waals surface area contributed by atoms with E-state index in [2.05, 4.69) is 6.58 Å². The molecule has 0 heterocycles. The number of rotatable bonds is 7. The number of ether oxygens (including phenoxy) is 2. The molecule has 0 aliphatic rings. The zero-order valence-electron chi connectivity index (χ0n) is 17.6. The molecule has 1 atom stereocenters. The van der Waals surface area contributed by atoms with Gasteiger partial charge in [-0.15, -0.1) is 0 Å². The number of fused-ring (bicyclic) bond motifs is 2. The predicted molar refractivity (Wildman–Crippen MR) is 124 cm³/mol. The van der Waals surface area contributed by atoms with Crippen LogP contribution in [-0.4, -0.2) is 23.7 Å². The van der Waals surface area contributed by atoms with Gasteiger partial charge >= 0.3 is 11.9 Å². The Morgan fingerprint density at radius 1 is 0.906 bits per heavy atom. The van der Waals surface area contributed by atoms with E-state index in [0.717, 1.165) is 21.7 Å². The Hall–Kier alpha value is -4.12. The van der Waals surface area contributed by atoms with E-state index in [4.69, 9.17) is 9.47 Å². The molecule has 5 nitrogen and oxygen atoms in total. The van der Waals surface area contributed by atoms with Crippen LogP contribution in [0.4, 0.5) is 0 Å². The van der Waals surface area contributed by atoms with Crippen LogP contribution in [0, 0.1) is 0 Å². The van der Waals surface area contributed by atoms with Crippen molar-refractivity contribution in [3.05, 3.63) is 102 Å². The first kappa shape index (κ1) is 21.1. The molecule has 1 unspecified atom stereocenters. The topological polar surface area (TPSA) is 72.8 Å². The van der Waals surface area contributed by atoms with Crippen LogP contribution in [0.1, 0.15) is 28.9 Å². The molecule has 5 heteroatoms. The van der Waals surface area contributed by atoms with Gasteiger partial charge in [-0.05, 0) is 41.5 Å². The van der Waals surface area contributed by atoms with Crippen LogP contribution in [0.5, 0.6) is 5.75 Å². The van der Waals surface area contributed by atoms with Gasteiger partial charge in [-0.2, -0.15) is 0 Å². The van der Waals surface area contributed by atoms with Crippen LogP contribution in [0.15, 0.2) is 91.0 Å². The van der Waals surface area contributed by atoms with E-state index in [1.807, 2.05) is 60.7 Å². The summed E-state index contributed by atoms with van der Waals surface area (Å²) < 4.78 is 11.9. The molecule has 0 fully saturated rings. The highest BCUT2D eigenvalue weighted by Gasteiger charge is 2.20. The molecule has 32 heavy (non-hydrogen) atoms. The second kappa shape index (κ2) is 8.94. The molecule has 0 amide bonds. The molecule has 0 bridgehead atoms. The average molecular weight is 426 g/mol. The van der Waals surface area contributed by atoms with Gasteiger partial charge in [0, 0.05) is 16.3 Å². The van der Waals surface area contributed by atoms with Crippen LogP contribution < -0.4 is 4.74 Å². The minimum atomic E-state index is -1.01. The highest BCUT2D eigenvalue weighted by Crippen LogP contribution is 2.36. The van der Waals surface area contributed by atoms with Crippen LogP contribution >= 0.6 is 0 Å². The molecule has 0 saturated heterocycles. The van der Waals surface area contributed by atoms with Gasteiger partial charge in [-0.3, -0.25) is 0 Å². The summed E-state index contributed by atoms with van der Waals surface area (Å²) in [5.74, 6) is -0.963. The summed E-state index contributed by atoms with van der Waals surface area (Å²) in [7, 11) is 0. The summed E-state index contributed by atoms with van der Waals surface area (Å²) >= 11 is 0. The van der Waals surface area contributed by atoms with Crippen LogP contribution in [0.2, 0.25) is 0 Å². The third kappa shape index (κ3) is 4.32. The SMILES string of the molecule is C=C(C)C(=O)OC(COc1c2ccccc2cc2ccc(C(=O)O)cc12)c1ccccc1. The number of benzene rings is 4. The van der Waals surface area contributed by atoms with Gasteiger partial charge in [0.05, 0.1) is 5.56 Å². The number of hydrogen-bond acceptors (Lipinski definition) is 4. The first-order valence-electron chi connectivity index (χ1n) is 10.2. The Morgan fingerprint density at radius 3 is 2.31 bits per heavy atom. The Morgan fingerprint density at radius 2 is 1.59 bits per heavy atom. The highest BCUT2D eigenvalue weighted by atomic mass is 16.6. The highest BCUT2D eigenvalue weighted by molar-refractivity contribution is 6.07. The quantitative estimate of drug-likeness (QED) is 0.225. The number of carbonyl (C=O) groups excluding carboxylic acids is 1. The zero-order valence-corrected chi connectivity index (χ0v) is 17.6. The van der Waals surface area contributed by atoms with Crippen LogP contribution in [0.3, 0.4) is 0 Å². The van der Waals surface area contributed by atoms with E-state index in [0.29, 0.717) is 16.7 Å². The Balaban J connectivity index is 1.78. The molecule has 0 aromatic heterocycles. The fourth-order valence-corrected chi connectivity index (χ4v) is 3.56. The monoisotopic (exact) mass is 426 g/mol. The number of carboxylic acids is 1. The van der Waals surface area contributed by atoms with Gasteiger partial charge < -0.3 is 14.6 Å². The minimum absolute atomic E-state index is 0.0590. The standard InChI is InChI=1S/C27H22O5/c1-17(2)27(30)32-24(18-8-4-3-5-9-18)16-31-25-22-11-7-6-10-19(22)14-20-12-13-21(26(28)29)15-23(20)25/h3-15,24H,1,16H2,2H3,(H,28,29). The van der Waals surface area contributed by atoms with Crippen molar-refractivity contribution in [2.75, 3.05) is 6.61 Å². The fourth-order valence-electron chi connectivity index (χ4n) is 3.56. The van der Waals surface area contributed by atoms with Gasteiger partial charge in [0.15, 0.2) is 6.10 Å². The average Bonchev–Trinajstić information content (AvgIpc) is 2.80. The Kier molecular flexibility index (Phi) is 5.90. The molecule has 4 aromatic rings. The van der Waals surface area contributed by atoms with E-state index < -0.39 is 18.0 Å². The summed E-state index contributed by atoms with van der Waals surface area (Å²) in [5.41, 5.74) is 1.26. The van der Waals surface area contributed by atoms with Crippen LogP contribution in [-0.2, 0) is 9.53 Å². The summed E-state index contributed by atoms with van der Waals surface area (Å²) in [5, 5.41) is 12.8. The second-order valence-electron chi connectivity index (χ2n) is 7.56. The summed E-state index contributed by atoms with van der Waals surface area (Å²) in [6, 6.07) is 24.0. The van der Waals surface area contributed by atoms with Crippen molar-refractivity contribution in [2.24, 2.45) is 0 Å². The van der Waals surface area contributed by atoms with Gasteiger partial charge in [-0.25, -0.2) is 9.59 Å². The van der Waals surface area contributed by atoms with Crippen molar-refractivity contribution in [1.29, 1.82) is 0 Å². The molecule has 0 radical (unpaired) electrons. The minimum Gasteiger partial charge on any atom is -0.488 e. The fraction of sp³-hybridized carbons (Fsp3) is 0.111. The Labute approximate surface area is 185 Å². The van der Waals surface area contributed by atoms with Crippen molar-refractivity contribution in [1.82, 2.24) is 0 Å². The second-order valence-corrected chi connectivity index (χ2v) is 7.56. The maximum Gasteiger partial charge on any atom is 0.335 e. The van der Waals surface area contributed by atoms with E-state index >= 15 is 0 Å². The largest absolute Gasteiger partial charge is 0.488 e. The molecule has 0 spiro atoms. The third-order valence-electron chi connectivity index (χ3n) is 5.21. The molecule has 0 aliphatic carbocycles. The summed E-state index contributed by atoms with van der Waals surface area (Å²) in [6.07, 6.45) is -0.655. The van der Waals surface area contributed by atoms with Crippen molar-refractivity contribution in [3.8, 4) is 5.75 Å². The lowest BCUT2D eigenvalue weighted by atomic mass is 10.00. The number of carbonyl (C=O) groups is 2. The Bertz CT molecular complexity index is 1320. The smallest absolute Gasteiger partial charge is 0.335 e. The third-order valence-corrected chi connectivity index (χ3v) is 5.21. The molecule has 160 valence electrons. The van der Waals surface area contributed by atoms with Gasteiger partial charge in [0.1, 0.15) is 12.4 Å². The first-order chi connectivity index (χ1) is 15.4. The maximum atomic E-state index is 12.2. The molecule has 0 saturated carbocycles.